The summed E-state index contributed by atoms with van der Waals surface area (Å²) in [6.45, 7) is 29.9. The van der Waals surface area contributed by atoms with Crippen molar-refractivity contribution in [1.29, 1.82) is 0 Å². The second kappa shape index (κ2) is 30.5. The summed E-state index contributed by atoms with van der Waals surface area (Å²) in [5.74, 6) is 0. The first kappa shape index (κ1) is 59.4. The van der Waals surface area contributed by atoms with Crippen LogP contribution in [-0.2, 0) is 64.2 Å². The molecule has 0 bridgehead atoms. The van der Waals surface area contributed by atoms with E-state index in [1.807, 2.05) is 33.8 Å². The normalized spacial score (nSPS) is 10.0. The molecule has 0 unspecified atom stereocenters. The van der Waals surface area contributed by atoms with Gasteiger partial charge in [-0.15, -0.1) is 4.91 Å². The van der Waals surface area contributed by atoms with Gasteiger partial charge in [-0.2, -0.15) is 88.0 Å². The maximum absolute atomic E-state index is 9.76. The maximum atomic E-state index is 9.76. The Labute approximate surface area is 419 Å². The van der Waals surface area contributed by atoms with E-state index in [1.165, 1.54) is 77.5 Å². The molecule has 0 saturated heterocycles. The molecule has 0 aliphatic heterocycles. The third-order valence-corrected chi connectivity index (χ3v) is 11.7. The predicted octanol–water partition coefficient (Wildman–Crippen LogP) is 12.9. The third-order valence-electron chi connectivity index (χ3n) is 11.7. The molecule has 0 aliphatic rings. The number of benzene rings is 5. The number of hydrogen-bond acceptors (Lipinski definition) is 4. The van der Waals surface area contributed by atoms with Gasteiger partial charge >= 0.3 is 39.0 Å². The molecule has 0 heterocycles. The van der Waals surface area contributed by atoms with Gasteiger partial charge in [0.2, 0.25) is 0 Å². The molecular weight excluding hydrogens is 983 g/mol. The zero-order valence-corrected chi connectivity index (χ0v) is 44.9. The minimum atomic E-state index is -1.22. The summed E-state index contributed by atoms with van der Waals surface area (Å²) in [7, 11) is 0. The molecule has 0 spiro atoms. The van der Waals surface area contributed by atoms with Crippen molar-refractivity contribution in [3.63, 3.8) is 0 Å². The summed E-state index contributed by atoms with van der Waals surface area (Å²) in [5.41, 5.74) is 20.5. The Morgan fingerprint density at radius 1 is 0.413 bits per heavy atom. The minimum Gasteiger partial charge on any atom is -0.790 e. The van der Waals surface area contributed by atoms with Crippen LogP contribution in [0.25, 0.3) is 0 Å². The quantitative estimate of drug-likeness (QED) is 0.0745. The van der Waals surface area contributed by atoms with E-state index in [-0.39, 0.29) is 39.0 Å². The topological polar surface area (TPSA) is 29.4 Å². The standard InChI is InChI=1S/C24H20B.2C10H15.C6H5NO.2C3H8S.2Rh/c1-5-13-21(14-6-1)25(22-15-7-2-8-16-22,23-17-9-3-10-18-23)24-19-11-4-12-20-24;2*1-6-7(2)9(4)10(5)8(6)3;8-7-6-4-2-1-3-5-6;2*1-3(2)4;;/h1-20H;2*1-5H3;1-5H;2*3-4H,1-2H3;;/q3*-1;;;;+2;+3/p-2. The van der Waals surface area contributed by atoms with Crippen molar-refractivity contribution >= 4 is 58.9 Å². The van der Waals surface area contributed by atoms with Crippen LogP contribution in [0.2, 0.25) is 0 Å². The van der Waals surface area contributed by atoms with Crippen LogP contribution >= 0.6 is 0 Å². The second-order valence-corrected chi connectivity index (χ2v) is 18.2. The molecule has 0 fully saturated rings. The van der Waals surface area contributed by atoms with Crippen molar-refractivity contribution in [3.05, 3.63) is 212 Å². The largest absolute Gasteiger partial charge is 3.00 e. The van der Waals surface area contributed by atoms with Gasteiger partial charge in [0, 0.05) is 0 Å². The van der Waals surface area contributed by atoms with Crippen molar-refractivity contribution < 1.29 is 39.0 Å². The number of rotatable bonds is 5. The number of nitrogens with zero attached hydrogens (tertiary/aromatic N) is 1. The first-order valence-electron chi connectivity index (χ1n) is 21.4. The third kappa shape index (κ3) is 17.7. The van der Waals surface area contributed by atoms with E-state index in [1.54, 1.807) is 24.3 Å². The van der Waals surface area contributed by atoms with Gasteiger partial charge in [0.15, 0.2) is 0 Å². The molecule has 2 nitrogen and oxygen atoms in total. The Balaban J connectivity index is 0.000000844. The summed E-state index contributed by atoms with van der Waals surface area (Å²) in [6.07, 6.45) is -1.22. The zero-order valence-electron chi connectivity index (χ0n) is 40.0. The summed E-state index contributed by atoms with van der Waals surface area (Å²) in [4.78, 5) is 9.76. The molecule has 0 amide bonds. The van der Waals surface area contributed by atoms with E-state index in [0.29, 0.717) is 16.2 Å². The number of hydrogen-bond donors (Lipinski definition) is 0. The van der Waals surface area contributed by atoms with Crippen LogP contribution in [0.1, 0.15) is 83.3 Å². The van der Waals surface area contributed by atoms with Gasteiger partial charge in [-0.3, -0.25) is 0 Å². The molecule has 7 aromatic carbocycles. The maximum Gasteiger partial charge on any atom is 3.00 e. The molecule has 0 N–H and O–H groups in total. The second-order valence-electron chi connectivity index (χ2n) is 16.3. The average molecular weight is 1050 g/mol. The van der Waals surface area contributed by atoms with E-state index in [4.69, 9.17) is 0 Å². The molecule has 7 aromatic rings. The molecule has 0 atom stereocenters. The van der Waals surface area contributed by atoms with E-state index >= 15 is 0 Å². The van der Waals surface area contributed by atoms with Gasteiger partial charge in [0.1, 0.15) is 11.8 Å². The van der Waals surface area contributed by atoms with Crippen molar-refractivity contribution in [2.24, 2.45) is 5.18 Å². The Morgan fingerprint density at radius 3 is 0.714 bits per heavy atom. The van der Waals surface area contributed by atoms with E-state index in [9.17, 15) is 4.91 Å². The first-order chi connectivity index (χ1) is 28.9. The molecule has 0 saturated carbocycles. The fraction of sp³-hybridized carbons (Fsp3) is 0.286. The van der Waals surface area contributed by atoms with Crippen molar-refractivity contribution in [2.45, 2.75) is 107 Å². The van der Waals surface area contributed by atoms with Crippen molar-refractivity contribution in [3.8, 4) is 0 Å². The first-order valence-corrected chi connectivity index (χ1v) is 22.3. The van der Waals surface area contributed by atoms with Crippen LogP contribution in [0, 0.1) is 74.1 Å². The van der Waals surface area contributed by atoms with Crippen LogP contribution in [0.4, 0.5) is 5.69 Å². The fourth-order valence-electron chi connectivity index (χ4n) is 7.42. The average Bonchev–Trinajstić information content (AvgIpc) is 3.55. The molecule has 7 rings (SSSR count). The molecule has 1 radical (unpaired) electrons. The Morgan fingerprint density at radius 2 is 0.587 bits per heavy atom. The van der Waals surface area contributed by atoms with Gasteiger partial charge < -0.3 is 25.3 Å². The monoisotopic (exact) mass is 1050 g/mol. The molecule has 7 heteroatoms. The summed E-state index contributed by atoms with van der Waals surface area (Å²) in [6, 6.07) is 52.2. The fourth-order valence-corrected chi connectivity index (χ4v) is 7.42. The molecule has 0 aliphatic carbocycles. The van der Waals surface area contributed by atoms with Crippen LogP contribution < -0.4 is 21.9 Å². The van der Waals surface area contributed by atoms with Crippen LogP contribution in [0.5, 0.6) is 0 Å². The Bertz CT molecular complexity index is 1900. The SMILES string of the molecule is CC(C)[S-].CC(C)[S-].Cc1c(C)c(C)[c-](C)c1C.Cc1c(C)c(C)[c-](C)c1C.O=Nc1ccccc1.[Rh+2].[Rh+3].c1ccc([B-](c2ccccc2)(c2ccccc2)c2ccccc2)cc1. The van der Waals surface area contributed by atoms with Crippen molar-refractivity contribution in [2.75, 3.05) is 0 Å². The van der Waals surface area contributed by atoms with Gasteiger partial charge in [-0.25, -0.2) is 0 Å². The van der Waals surface area contributed by atoms with Gasteiger partial charge in [0.05, 0.1) is 0 Å². The molecule has 0 aromatic heterocycles. The van der Waals surface area contributed by atoms with Crippen LogP contribution in [0.3, 0.4) is 0 Å². The summed E-state index contributed by atoms with van der Waals surface area (Å²) >= 11 is 9.24. The van der Waals surface area contributed by atoms with Crippen molar-refractivity contribution in [1.82, 2.24) is 0 Å². The summed E-state index contributed by atoms with van der Waals surface area (Å²) < 4.78 is 0. The summed E-state index contributed by atoms with van der Waals surface area (Å²) in [5, 5.41) is 3.55. The van der Waals surface area contributed by atoms with Crippen LogP contribution in [-0.4, -0.2) is 16.6 Å². The van der Waals surface area contributed by atoms with E-state index in [2.05, 4.69) is 221 Å². The van der Waals surface area contributed by atoms with E-state index < -0.39 is 6.15 Å². The van der Waals surface area contributed by atoms with Gasteiger partial charge in [-0.05, 0) is 17.3 Å². The molecule has 337 valence electrons. The van der Waals surface area contributed by atoms with E-state index in [0.717, 1.165) is 0 Å². The molecule has 63 heavy (non-hydrogen) atoms. The van der Waals surface area contributed by atoms with Crippen LogP contribution in [0.15, 0.2) is 157 Å². The Hall–Kier alpha value is -3.59. The van der Waals surface area contributed by atoms with Gasteiger partial charge in [-0.1, -0.05) is 236 Å². The van der Waals surface area contributed by atoms with Gasteiger partial charge in [0.25, 0.3) is 0 Å². The molecular formula is C56H69BNORh2S2. The Kier molecular flexibility index (Phi) is 28.8. The minimum absolute atomic E-state index is 0. The predicted molar refractivity (Wildman–Crippen MR) is 278 cm³/mol. The number of nitroso groups, excluding NO2 is 1. The smallest absolute Gasteiger partial charge is 0.790 e. The zero-order chi connectivity index (χ0) is 45.7.